The second kappa shape index (κ2) is 4.54. The van der Waals surface area contributed by atoms with Gasteiger partial charge in [-0.25, -0.2) is 0 Å². The molecule has 0 saturated carbocycles. The zero-order valence-electron chi connectivity index (χ0n) is 7.86. The van der Waals surface area contributed by atoms with Crippen molar-refractivity contribution in [2.75, 3.05) is 40.4 Å². The first-order valence-corrected chi connectivity index (χ1v) is 4.20. The highest BCUT2D eigenvalue weighted by Gasteiger charge is 2.20. The molecule has 1 atom stereocenters. The number of morpholine rings is 1. The van der Waals surface area contributed by atoms with E-state index in [0.29, 0.717) is 0 Å². The van der Waals surface area contributed by atoms with E-state index in [0.717, 1.165) is 26.3 Å². The molecule has 0 spiro atoms. The molecule has 0 bridgehead atoms. The van der Waals surface area contributed by atoms with E-state index >= 15 is 0 Å². The van der Waals surface area contributed by atoms with Crippen molar-refractivity contribution in [3.05, 3.63) is 0 Å². The molecule has 4 heteroatoms. The molecular formula is C8H17N3O. The molecule has 12 heavy (non-hydrogen) atoms. The maximum absolute atomic E-state index is 5.25. The number of hydrogen-bond donors (Lipinski definition) is 0. The summed E-state index contributed by atoms with van der Waals surface area (Å²) in [6.07, 6.45) is 0.105. The number of nitrogens with zero attached hydrogens (tertiary/aromatic N) is 3. The van der Waals surface area contributed by atoms with E-state index in [4.69, 9.17) is 4.74 Å². The molecule has 0 N–H and O–H groups in total. The minimum Gasteiger partial charge on any atom is -0.379 e. The van der Waals surface area contributed by atoms with Gasteiger partial charge in [-0.2, -0.15) is 0 Å². The van der Waals surface area contributed by atoms with Crippen LogP contribution in [0.25, 0.3) is 0 Å². The van der Waals surface area contributed by atoms with Crippen molar-refractivity contribution >= 4 is 6.72 Å². The Kier molecular flexibility index (Phi) is 3.65. The summed E-state index contributed by atoms with van der Waals surface area (Å²) in [5.74, 6) is 0. The van der Waals surface area contributed by atoms with Gasteiger partial charge in [-0.1, -0.05) is 0 Å². The Morgan fingerprint density at radius 3 is 2.42 bits per heavy atom. The third-order valence-electron chi connectivity index (χ3n) is 2.00. The molecule has 0 aromatic carbocycles. The topological polar surface area (TPSA) is 28.1 Å². The Balaban J connectivity index is 2.45. The van der Waals surface area contributed by atoms with E-state index in [2.05, 4.69) is 21.5 Å². The van der Waals surface area contributed by atoms with Crippen molar-refractivity contribution in [3.63, 3.8) is 0 Å². The van der Waals surface area contributed by atoms with Crippen LogP contribution in [0.15, 0.2) is 4.99 Å². The highest BCUT2D eigenvalue weighted by atomic mass is 16.5. The van der Waals surface area contributed by atoms with Crippen LogP contribution in [0.3, 0.4) is 0 Å². The molecule has 0 aromatic rings. The molecule has 0 amide bonds. The fourth-order valence-corrected chi connectivity index (χ4v) is 1.41. The van der Waals surface area contributed by atoms with Gasteiger partial charge in [-0.05, 0) is 20.8 Å². The first-order valence-electron chi connectivity index (χ1n) is 4.20. The van der Waals surface area contributed by atoms with Gasteiger partial charge in [0.25, 0.3) is 0 Å². The zero-order valence-corrected chi connectivity index (χ0v) is 7.86. The largest absolute Gasteiger partial charge is 0.379 e. The lowest BCUT2D eigenvalue weighted by atomic mass is 10.4. The summed E-state index contributed by atoms with van der Waals surface area (Å²) < 4.78 is 5.25. The maximum Gasteiger partial charge on any atom is 0.157 e. The van der Waals surface area contributed by atoms with Gasteiger partial charge in [0.05, 0.1) is 13.2 Å². The first-order chi connectivity index (χ1) is 5.75. The molecule has 1 heterocycles. The van der Waals surface area contributed by atoms with Gasteiger partial charge in [-0.3, -0.25) is 14.8 Å². The van der Waals surface area contributed by atoms with Crippen LogP contribution in [0, 0.1) is 0 Å². The third kappa shape index (κ3) is 2.27. The second-order valence-electron chi connectivity index (χ2n) is 3.14. The lowest BCUT2D eigenvalue weighted by Gasteiger charge is -2.35. The van der Waals surface area contributed by atoms with E-state index in [1.54, 1.807) is 0 Å². The average molecular weight is 171 g/mol. The smallest absolute Gasteiger partial charge is 0.157 e. The summed E-state index contributed by atoms with van der Waals surface area (Å²) in [5, 5.41) is 0. The van der Waals surface area contributed by atoms with Gasteiger partial charge in [0.15, 0.2) is 6.29 Å². The van der Waals surface area contributed by atoms with Crippen molar-refractivity contribution in [3.8, 4) is 0 Å². The van der Waals surface area contributed by atoms with Gasteiger partial charge < -0.3 is 4.74 Å². The molecular weight excluding hydrogens is 154 g/mol. The average Bonchev–Trinajstić information content (AvgIpc) is 2.07. The lowest BCUT2D eigenvalue weighted by Crippen LogP contribution is -2.48. The van der Waals surface area contributed by atoms with E-state index in [1.165, 1.54) is 0 Å². The molecule has 0 radical (unpaired) electrons. The standard InChI is InChI=1S/C8H17N3O/c1-9-8(10(2)3)11-4-6-12-7-5-11/h8H,1,4-7H2,2-3H3. The van der Waals surface area contributed by atoms with Gasteiger partial charge in [0.1, 0.15) is 0 Å². The monoisotopic (exact) mass is 171 g/mol. The van der Waals surface area contributed by atoms with Crippen molar-refractivity contribution in [2.24, 2.45) is 4.99 Å². The van der Waals surface area contributed by atoms with Gasteiger partial charge in [0.2, 0.25) is 0 Å². The number of rotatable bonds is 3. The molecule has 70 valence electrons. The molecule has 4 nitrogen and oxygen atoms in total. The van der Waals surface area contributed by atoms with Crippen LogP contribution < -0.4 is 0 Å². The summed E-state index contributed by atoms with van der Waals surface area (Å²) in [5.41, 5.74) is 0. The fourth-order valence-electron chi connectivity index (χ4n) is 1.41. The van der Waals surface area contributed by atoms with Crippen LogP contribution in [0.1, 0.15) is 0 Å². The summed E-state index contributed by atoms with van der Waals surface area (Å²) >= 11 is 0. The Bertz CT molecular complexity index is 143. The van der Waals surface area contributed by atoms with Crippen LogP contribution in [0.2, 0.25) is 0 Å². The number of aliphatic imine (C=N–C) groups is 1. The number of hydrogen-bond acceptors (Lipinski definition) is 4. The maximum atomic E-state index is 5.25. The Morgan fingerprint density at radius 2 is 2.00 bits per heavy atom. The molecule has 1 rings (SSSR count). The van der Waals surface area contributed by atoms with Crippen LogP contribution in [-0.4, -0.2) is 63.2 Å². The predicted octanol–water partition coefficient (Wildman–Crippen LogP) is -0.136. The third-order valence-corrected chi connectivity index (χ3v) is 2.00. The van der Waals surface area contributed by atoms with Crippen LogP contribution >= 0.6 is 0 Å². The van der Waals surface area contributed by atoms with E-state index in [1.807, 2.05) is 14.1 Å². The molecule has 1 saturated heterocycles. The predicted molar refractivity (Wildman–Crippen MR) is 49.4 cm³/mol. The van der Waals surface area contributed by atoms with Crippen molar-refractivity contribution < 1.29 is 4.74 Å². The van der Waals surface area contributed by atoms with Gasteiger partial charge in [-0.15, -0.1) is 0 Å². The highest BCUT2D eigenvalue weighted by Crippen LogP contribution is 2.06. The summed E-state index contributed by atoms with van der Waals surface area (Å²) in [6.45, 7) is 7.09. The molecule has 1 fully saturated rings. The second-order valence-corrected chi connectivity index (χ2v) is 3.14. The van der Waals surface area contributed by atoms with Gasteiger partial charge >= 0.3 is 0 Å². The van der Waals surface area contributed by atoms with Crippen LogP contribution in [0.5, 0.6) is 0 Å². The fraction of sp³-hybridized carbons (Fsp3) is 0.875. The van der Waals surface area contributed by atoms with Crippen LogP contribution in [0.4, 0.5) is 0 Å². The molecule has 0 aliphatic carbocycles. The SMILES string of the molecule is C=NC(N(C)C)N1CCOCC1. The van der Waals surface area contributed by atoms with Crippen molar-refractivity contribution in [1.29, 1.82) is 0 Å². The Hall–Kier alpha value is -0.450. The Labute approximate surface area is 73.8 Å². The lowest BCUT2D eigenvalue weighted by molar-refractivity contribution is -0.0158. The minimum absolute atomic E-state index is 0.105. The van der Waals surface area contributed by atoms with Gasteiger partial charge in [0, 0.05) is 13.1 Å². The molecule has 1 aliphatic heterocycles. The normalized spacial score (nSPS) is 22.6. The zero-order chi connectivity index (χ0) is 8.97. The van der Waals surface area contributed by atoms with E-state index in [-0.39, 0.29) is 6.29 Å². The van der Waals surface area contributed by atoms with Crippen molar-refractivity contribution in [2.45, 2.75) is 6.29 Å². The van der Waals surface area contributed by atoms with E-state index in [9.17, 15) is 0 Å². The number of ether oxygens (including phenoxy) is 1. The quantitative estimate of drug-likeness (QED) is 0.553. The minimum atomic E-state index is 0.105. The summed E-state index contributed by atoms with van der Waals surface area (Å²) in [6, 6.07) is 0. The Morgan fingerprint density at radius 1 is 1.42 bits per heavy atom. The van der Waals surface area contributed by atoms with Crippen LogP contribution in [-0.2, 0) is 4.74 Å². The summed E-state index contributed by atoms with van der Waals surface area (Å²) in [4.78, 5) is 8.37. The summed E-state index contributed by atoms with van der Waals surface area (Å²) in [7, 11) is 4.02. The molecule has 1 aliphatic rings. The molecule has 0 aromatic heterocycles. The van der Waals surface area contributed by atoms with Crippen molar-refractivity contribution in [1.82, 2.24) is 9.80 Å². The molecule has 1 unspecified atom stereocenters. The van der Waals surface area contributed by atoms with E-state index < -0.39 is 0 Å². The highest BCUT2D eigenvalue weighted by molar-refractivity contribution is 5.23. The first kappa shape index (κ1) is 9.64.